The molecule has 0 rings (SSSR count). The van der Waals surface area contributed by atoms with E-state index in [1.807, 2.05) is 13.8 Å². The van der Waals surface area contributed by atoms with Crippen LogP contribution in [0, 0.1) is 0 Å². The lowest BCUT2D eigenvalue weighted by molar-refractivity contribution is -0.121. The standard InChI is InChI=1S/C13H28N4O2.HI/c1-5-11(3)17-12(18)7-8-15-13(14-6-2)16-9-10-19-4;/h11H,5-10H2,1-4H3,(H,17,18)(H2,14,15,16);1H. The first kappa shape index (κ1) is 21.7. The van der Waals surface area contributed by atoms with Gasteiger partial charge in [-0.3, -0.25) is 9.79 Å². The average molecular weight is 400 g/mol. The van der Waals surface area contributed by atoms with Gasteiger partial charge in [-0.1, -0.05) is 6.92 Å². The predicted molar refractivity (Wildman–Crippen MR) is 93.8 cm³/mol. The van der Waals surface area contributed by atoms with Crippen molar-refractivity contribution in [1.29, 1.82) is 0 Å². The molecule has 7 heteroatoms. The summed E-state index contributed by atoms with van der Waals surface area (Å²) in [5, 5.41) is 9.17. The fourth-order valence-electron chi connectivity index (χ4n) is 1.33. The Kier molecular flexibility index (Phi) is 16.1. The lowest BCUT2D eigenvalue weighted by Crippen LogP contribution is -2.40. The number of methoxy groups -OCH3 is 1. The molecule has 0 saturated heterocycles. The number of carbonyl (C=O) groups excluding carboxylic acids is 1. The molecule has 0 spiro atoms. The highest BCUT2D eigenvalue weighted by atomic mass is 127. The molecule has 0 aliphatic heterocycles. The Balaban J connectivity index is 0. The number of halogens is 1. The van der Waals surface area contributed by atoms with Crippen molar-refractivity contribution in [3.63, 3.8) is 0 Å². The Morgan fingerprint density at radius 1 is 1.30 bits per heavy atom. The van der Waals surface area contributed by atoms with Crippen LogP contribution in [0.1, 0.15) is 33.6 Å². The first-order valence-corrected chi connectivity index (χ1v) is 6.94. The summed E-state index contributed by atoms with van der Waals surface area (Å²) in [6.45, 7) is 8.61. The lowest BCUT2D eigenvalue weighted by Gasteiger charge is -2.13. The van der Waals surface area contributed by atoms with E-state index < -0.39 is 0 Å². The van der Waals surface area contributed by atoms with Crippen LogP contribution >= 0.6 is 24.0 Å². The van der Waals surface area contributed by atoms with Crippen molar-refractivity contribution in [1.82, 2.24) is 16.0 Å². The SMILES string of the molecule is CCNC(=NCCOC)NCCC(=O)NC(C)CC.I. The summed E-state index contributed by atoms with van der Waals surface area (Å²) in [4.78, 5) is 15.9. The van der Waals surface area contributed by atoms with Crippen LogP contribution in [0.25, 0.3) is 0 Å². The molecule has 1 unspecified atom stereocenters. The number of amides is 1. The van der Waals surface area contributed by atoms with Crippen molar-refractivity contribution >= 4 is 35.8 Å². The minimum absolute atomic E-state index is 0. The Labute approximate surface area is 139 Å². The normalized spacial score (nSPS) is 12.3. The number of aliphatic imine (C=N–C) groups is 1. The Morgan fingerprint density at radius 3 is 2.55 bits per heavy atom. The van der Waals surface area contributed by atoms with Gasteiger partial charge in [0.15, 0.2) is 5.96 Å². The monoisotopic (exact) mass is 400 g/mol. The first-order chi connectivity index (χ1) is 9.13. The summed E-state index contributed by atoms with van der Waals surface area (Å²) in [5.41, 5.74) is 0. The summed E-state index contributed by atoms with van der Waals surface area (Å²) < 4.78 is 4.94. The van der Waals surface area contributed by atoms with E-state index in [0.717, 1.165) is 18.9 Å². The second kappa shape index (κ2) is 14.8. The van der Waals surface area contributed by atoms with Gasteiger partial charge in [0.1, 0.15) is 0 Å². The van der Waals surface area contributed by atoms with Gasteiger partial charge in [0.05, 0.1) is 13.2 Å². The number of hydrogen-bond acceptors (Lipinski definition) is 3. The lowest BCUT2D eigenvalue weighted by atomic mass is 10.2. The fraction of sp³-hybridized carbons (Fsp3) is 0.846. The van der Waals surface area contributed by atoms with Gasteiger partial charge in [0, 0.05) is 32.7 Å². The zero-order valence-electron chi connectivity index (χ0n) is 13.0. The van der Waals surface area contributed by atoms with Gasteiger partial charge < -0.3 is 20.7 Å². The zero-order chi connectivity index (χ0) is 14.5. The quantitative estimate of drug-likeness (QED) is 0.235. The average Bonchev–Trinajstić information content (AvgIpc) is 2.38. The summed E-state index contributed by atoms with van der Waals surface area (Å²) in [5.74, 6) is 0.783. The van der Waals surface area contributed by atoms with Crippen molar-refractivity contribution in [2.24, 2.45) is 4.99 Å². The number of rotatable bonds is 9. The molecule has 0 aromatic heterocycles. The van der Waals surface area contributed by atoms with Gasteiger partial charge >= 0.3 is 0 Å². The Hall–Kier alpha value is -0.570. The van der Waals surface area contributed by atoms with Crippen LogP contribution in [0.5, 0.6) is 0 Å². The van der Waals surface area contributed by atoms with Crippen LogP contribution in [0.2, 0.25) is 0 Å². The van der Waals surface area contributed by atoms with E-state index in [4.69, 9.17) is 4.74 Å². The molecule has 0 bridgehead atoms. The number of nitrogens with zero attached hydrogens (tertiary/aromatic N) is 1. The summed E-state index contributed by atoms with van der Waals surface area (Å²) in [6.07, 6.45) is 1.39. The first-order valence-electron chi connectivity index (χ1n) is 6.94. The van der Waals surface area contributed by atoms with E-state index in [-0.39, 0.29) is 35.9 Å². The minimum Gasteiger partial charge on any atom is -0.383 e. The molecule has 0 aromatic rings. The number of guanidine groups is 1. The van der Waals surface area contributed by atoms with Gasteiger partial charge in [-0.05, 0) is 20.3 Å². The molecule has 0 aliphatic carbocycles. The molecule has 0 heterocycles. The number of carbonyl (C=O) groups is 1. The third-order valence-corrected chi connectivity index (χ3v) is 2.57. The molecule has 6 nitrogen and oxygen atoms in total. The number of ether oxygens (including phenoxy) is 1. The van der Waals surface area contributed by atoms with Crippen molar-refractivity contribution in [2.75, 3.05) is 33.4 Å². The number of nitrogens with one attached hydrogen (secondary N) is 3. The molecule has 0 radical (unpaired) electrons. The van der Waals surface area contributed by atoms with Crippen LogP contribution in [-0.2, 0) is 9.53 Å². The molecule has 0 aliphatic rings. The summed E-state index contributed by atoms with van der Waals surface area (Å²) in [6, 6.07) is 0.233. The molecule has 1 atom stereocenters. The molecule has 20 heavy (non-hydrogen) atoms. The molecule has 120 valence electrons. The van der Waals surface area contributed by atoms with Crippen LogP contribution in [0.4, 0.5) is 0 Å². The van der Waals surface area contributed by atoms with Gasteiger partial charge in [0.25, 0.3) is 0 Å². The molecular formula is C13H29IN4O2. The van der Waals surface area contributed by atoms with E-state index in [1.165, 1.54) is 0 Å². The van der Waals surface area contributed by atoms with Gasteiger partial charge in [-0.25, -0.2) is 0 Å². The van der Waals surface area contributed by atoms with Crippen LogP contribution in [-0.4, -0.2) is 51.3 Å². The second-order valence-electron chi connectivity index (χ2n) is 4.31. The van der Waals surface area contributed by atoms with E-state index in [1.54, 1.807) is 7.11 Å². The topological polar surface area (TPSA) is 74.8 Å². The maximum atomic E-state index is 11.6. The van der Waals surface area contributed by atoms with Crippen molar-refractivity contribution < 1.29 is 9.53 Å². The van der Waals surface area contributed by atoms with Crippen LogP contribution < -0.4 is 16.0 Å². The smallest absolute Gasteiger partial charge is 0.221 e. The molecule has 0 fully saturated rings. The van der Waals surface area contributed by atoms with E-state index in [0.29, 0.717) is 26.1 Å². The van der Waals surface area contributed by atoms with Crippen molar-refractivity contribution in [3.05, 3.63) is 0 Å². The van der Waals surface area contributed by atoms with E-state index >= 15 is 0 Å². The highest BCUT2D eigenvalue weighted by Crippen LogP contribution is 1.89. The van der Waals surface area contributed by atoms with Crippen LogP contribution in [0.15, 0.2) is 4.99 Å². The Morgan fingerprint density at radius 2 is 2.00 bits per heavy atom. The van der Waals surface area contributed by atoms with E-state index in [2.05, 4.69) is 27.9 Å². The maximum absolute atomic E-state index is 11.6. The third kappa shape index (κ3) is 12.5. The van der Waals surface area contributed by atoms with Crippen LogP contribution in [0.3, 0.4) is 0 Å². The fourth-order valence-corrected chi connectivity index (χ4v) is 1.33. The molecule has 1 amide bonds. The van der Waals surface area contributed by atoms with Gasteiger partial charge in [-0.2, -0.15) is 0 Å². The zero-order valence-corrected chi connectivity index (χ0v) is 15.3. The molecule has 3 N–H and O–H groups in total. The molecule has 0 saturated carbocycles. The van der Waals surface area contributed by atoms with Gasteiger partial charge in [0.2, 0.25) is 5.91 Å². The highest BCUT2D eigenvalue weighted by Gasteiger charge is 2.05. The number of hydrogen-bond donors (Lipinski definition) is 3. The molecular weight excluding hydrogens is 371 g/mol. The predicted octanol–water partition coefficient (Wildman–Crippen LogP) is 1.11. The summed E-state index contributed by atoms with van der Waals surface area (Å²) >= 11 is 0. The van der Waals surface area contributed by atoms with Crippen molar-refractivity contribution in [3.8, 4) is 0 Å². The molecule has 0 aromatic carbocycles. The largest absolute Gasteiger partial charge is 0.383 e. The maximum Gasteiger partial charge on any atom is 0.221 e. The third-order valence-electron chi connectivity index (χ3n) is 2.57. The minimum atomic E-state index is 0. The second-order valence-corrected chi connectivity index (χ2v) is 4.31. The van der Waals surface area contributed by atoms with E-state index in [9.17, 15) is 4.79 Å². The highest BCUT2D eigenvalue weighted by molar-refractivity contribution is 14.0. The van der Waals surface area contributed by atoms with Gasteiger partial charge in [-0.15, -0.1) is 24.0 Å². The Bertz CT molecular complexity index is 275. The van der Waals surface area contributed by atoms with Crippen molar-refractivity contribution in [2.45, 2.75) is 39.7 Å². The summed E-state index contributed by atoms with van der Waals surface area (Å²) in [7, 11) is 1.65.